The number of rotatable bonds is 2. The van der Waals surface area contributed by atoms with Gasteiger partial charge in [0.15, 0.2) is 5.89 Å². The Morgan fingerprint density at radius 1 is 1.77 bits per heavy atom. The van der Waals surface area contributed by atoms with E-state index >= 15 is 0 Å². The zero-order valence-corrected chi connectivity index (χ0v) is 7.86. The van der Waals surface area contributed by atoms with E-state index in [-0.39, 0.29) is 0 Å². The van der Waals surface area contributed by atoms with E-state index in [0.29, 0.717) is 12.5 Å². The van der Waals surface area contributed by atoms with E-state index in [1.54, 1.807) is 6.26 Å². The van der Waals surface area contributed by atoms with Gasteiger partial charge in [0, 0.05) is 19.0 Å². The zero-order valence-electron chi connectivity index (χ0n) is 7.86. The van der Waals surface area contributed by atoms with E-state index in [9.17, 15) is 0 Å². The van der Waals surface area contributed by atoms with Crippen LogP contribution in [0.3, 0.4) is 0 Å². The average Bonchev–Trinajstić information content (AvgIpc) is 2.71. The molecule has 1 atom stereocenters. The maximum Gasteiger partial charge on any atom is 0.198 e. The minimum Gasteiger partial charge on any atom is -0.448 e. The Labute approximate surface area is 77.7 Å². The van der Waals surface area contributed by atoms with Gasteiger partial charge >= 0.3 is 0 Å². The lowest BCUT2D eigenvalue weighted by atomic mass is 10.1. The molecule has 4 nitrogen and oxygen atoms in total. The molecule has 72 valence electrons. The number of oxazole rings is 1. The molecule has 2 heterocycles. The Morgan fingerprint density at radius 2 is 2.62 bits per heavy atom. The van der Waals surface area contributed by atoms with Crippen molar-refractivity contribution in [3.63, 3.8) is 0 Å². The molecule has 1 aliphatic rings. The quantitative estimate of drug-likeness (QED) is 0.724. The molecule has 0 aliphatic carbocycles. The fourth-order valence-electron chi connectivity index (χ4n) is 1.74. The van der Waals surface area contributed by atoms with E-state index in [1.807, 2.05) is 0 Å². The average molecular weight is 181 g/mol. The van der Waals surface area contributed by atoms with E-state index in [0.717, 1.165) is 31.1 Å². The molecule has 0 radical (unpaired) electrons. The first kappa shape index (κ1) is 8.72. The van der Waals surface area contributed by atoms with Crippen molar-refractivity contribution in [2.24, 2.45) is 5.73 Å². The molecular formula is C9H15N3O. The molecule has 2 N–H and O–H groups in total. The summed E-state index contributed by atoms with van der Waals surface area (Å²) in [6.07, 6.45) is 2.80. The topological polar surface area (TPSA) is 55.3 Å². The van der Waals surface area contributed by atoms with Crippen LogP contribution in [0.15, 0.2) is 10.7 Å². The molecule has 1 aliphatic heterocycles. The van der Waals surface area contributed by atoms with Crippen LogP contribution in [0, 0.1) is 0 Å². The third kappa shape index (κ3) is 1.73. The number of likely N-dealkylation sites (N-methyl/N-ethyl adjacent to an activating group) is 1. The van der Waals surface area contributed by atoms with Crippen LogP contribution < -0.4 is 5.73 Å². The van der Waals surface area contributed by atoms with Crippen molar-refractivity contribution in [3.8, 4) is 0 Å². The van der Waals surface area contributed by atoms with Crippen molar-refractivity contribution in [1.29, 1.82) is 0 Å². The summed E-state index contributed by atoms with van der Waals surface area (Å²) < 4.78 is 5.37. The smallest absolute Gasteiger partial charge is 0.198 e. The molecule has 1 unspecified atom stereocenters. The molecular weight excluding hydrogens is 166 g/mol. The number of hydrogen-bond donors (Lipinski definition) is 1. The van der Waals surface area contributed by atoms with Crippen molar-refractivity contribution >= 4 is 0 Å². The van der Waals surface area contributed by atoms with Crippen molar-refractivity contribution in [1.82, 2.24) is 9.88 Å². The van der Waals surface area contributed by atoms with Gasteiger partial charge in [-0.2, -0.15) is 0 Å². The summed E-state index contributed by atoms with van der Waals surface area (Å²) >= 11 is 0. The summed E-state index contributed by atoms with van der Waals surface area (Å²) in [5.74, 6) is 1.31. The lowest BCUT2D eigenvalue weighted by Crippen LogP contribution is -2.13. The molecule has 0 aromatic carbocycles. The summed E-state index contributed by atoms with van der Waals surface area (Å²) in [5.41, 5.74) is 6.31. The van der Waals surface area contributed by atoms with Gasteiger partial charge in [-0.05, 0) is 20.0 Å². The predicted octanol–water partition coefficient (Wildman–Crippen LogP) is 0.552. The standard InChI is InChI=1S/C9H15N3O/c1-12-3-2-7(5-12)9-11-8(4-10)6-13-9/h6-7H,2-5,10H2,1H3. The van der Waals surface area contributed by atoms with Crippen molar-refractivity contribution in [3.05, 3.63) is 17.8 Å². The second kappa shape index (κ2) is 3.47. The van der Waals surface area contributed by atoms with E-state index in [4.69, 9.17) is 10.2 Å². The lowest BCUT2D eigenvalue weighted by Gasteiger charge is -2.05. The Kier molecular flexibility index (Phi) is 2.33. The van der Waals surface area contributed by atoms with E-state index in [2.05, 4.69) is 16.9 Å². The Balaban J connectivity index is 2.08. The minimum absolute atomic E-state index is 0.463. The van der Waals surface area contributed by atoms with Crippen LogP contribution in [0.1, 0.15) is 23.9 Å². The van der Waals surface area contributed by atoms with Crippen LogP contribution in [0.2, 0.25) is 0 Å². The molecule has 0 spiro atoms. The van der Waals surface area contributed by atoms with Crippen molar-refractivity contribution < 1.29 is 4.42 Å². The lowest BCUT2D eigenvalue weighted by molar-refractivity contribution is 0.392. The van der Waals surface area contributed by atoms with Crippen LogP contribution >= 0.6 is 0 Å². The molecule has 0 amide bonds. The molecule has 1 saturated heterocycles. The maximum atomic E-state index is 5.46. The fraction of sp³-hybridized carbons (Fsp3) is 0.667. The number of likely N-dealkylation sites (tertiary alicyclic amines) is 1. The van der Waals surface area contributed by atoms with Crippen LogP contribution in [0.25, 0.3) is 0 Å². The Morgan fingerprint density at radius 3 is 3.15 bits per heavy atom. The number of hydrogen-bond acceptors (Lipinski definition) is 4. The predicted molar refractivity (Wildman–Crippen MR) is 49.2 cm³/mol. The van der Waals surface area contributed by atoms with Crippen LogP contribution in [-0.4, -0.2) is 30.0 Å². The molecule has 1 fully saturated rings. The zero-order chi connectivity index (χ0) is 9.26. The van der Waals surface area contributed by atoms with Gasteiger partial charge in [-0.25, -0.2) is 4.98 Å². The SMILES string of the molecule is CN1CCC(c2nc(CN)co2)C1. The van der Waals surface area contributed by atoms with E-state index in [1.165, 1.54) is 0 Å². The minimum atomic E-state index is 0.463. The van der Waals surface area contributed by atoms with Gasteiger partial charge < -0.3 is 15.1 Å². The van der Waals surface area contributed by atoms with Gasteiger partial charge in [0.25, 0.3) is 0 Å². The normalized spacial score (nSPS) is 24.0. The number of nitrogens with two attached hydrogens (primary N) is 1. The highest BCUT2D eigenvalue weighted by Gasteiger charge is 2.24. The first-order valence-corrected chi connectivity index (χ1v) is 4.62. The summed E-state index contributed by atoms with van der Waals surface area (Å²) in [6.45, 7) is 2.64. The molecule has 1 aromatic rings. The van der Waals surface area contributed by atoms with Gasteiger partial charge in [-0.3, -0.25) is 0 Å². The van der Waals surface area contributed by atoms with Crippen LogP contribution in [0.4, 0.5) is 0 Å². The number of nitrogens with zero attached hydrogens (tertiary/aromatic N) is 2. The van der Waals surface area contributed by atoms with Gasteiger partial charge in [-0.1, -0.05) is 0 Å². The highest BCUT2D eigenvalue weighted by molar-refractivity contribution is 5.02. The highest BCUT2D eigenvalue weighted by Crippen LogP contribution is 2.25. The van der Waals surface area contributed by atoms with Gasteiger partial charge in [0.05, 0.1) is 5.69 Å². The Bertz CT molecular complexity index is 284. The second-order valence-electron chi connectivity index (χ2n) is 3.63. The van der Waals surface area contributed by atoms with Gasteiger partial charge in [0.1, 0.15) is 6.26 Å². The van der Waals surface area contributed by atoms with Crippen LogP contribution in [0.5, 0.6) is 0 Å². The summed E-state index contributed by atoms with van der Waals surface area (Å²) in [5, 5.41) is 0. The maximum absolute atomic E-state index is 5.46. The monoisotopic (exact) mass is 181 g/mol. The second-order valence-corrected chi connectivity index (χ2v) is 3.63. The highest BCUT2D eigenvalue weighted by atomic mass is 16.3. The Hall–Kier alpha value is -0.870. The molecule has 0 bridgehead atoms. The van der Waals surface area contributed by atoms with Crippen molar-refractivity contribution in [2.75, 3.05) is 20.1 Å². The molecule has 13 heavy (non-hydrogen) atoms. The summed E-state index contributed by atoms with van der Waals surface area (Å²) in [4.78, 5) is 6.62. The van der Waals surface area contributed by atoms with Crippen LogP contribution in [-0.2, 0) is 6.54 Å². The molecule has 2 rings (SSSR count). The first-order chi connectivity index (χ1) is 6.29. The number of aromatic nitrogens is 1. The van der Waals surface area contributed by atoms with E-state index < -0.39 is 0 Å². The van der Waals surface area contributed by atoms with Crippen molar-refractivity contribution in [2.45, 2.75) is 18.9 Å². The molecule has 0 saturated carbocycles. The largest absolute Gasteiger partial charge is 0.448 e. The fourth-order valence-corrected chi connectivity index (χ4v) is 1.74. The summed E-state index contributed by atoms with van der Waals surface area (Å²) in [7, 11) is 2.12. The first-order valence-electron chi connectivity index (χ1n) is 4.62. The van der Waals surface area contributed by atoms with Gasteiger partial charge in [-0.15, -0.1) is 0 Å². The third-order valence-corrected chi connectivity index (χ3v) is 2.52. The van der Waals surface area contributed by atoms with Gasteiger partial charge in [0.2, 0.25) is 0 Å². The molecule has 1 aromatic heterocycles. The molecule has 4 heteroatoms. The third-order valence-electron chi connectivity index (χ3n) is 2.52. The summed E-state index contributed by atoms with van der Waals surface area (Å²) in [6, 6.07) is 0.